The Morgan fingerprint density at radius 3 is 2.86 bits per heavy atom. The van der Waals surface area contributed by atoms with Crippen molar-refractivity contribution in [3.63, 3.8) is 0 Å². The predicted octanol–water partition coefficient (Wildman–Crippen LogP) is -0.371. The number of hydrogen-bond donors (Lipinski definition) is 3. The minimum absolute atomic E-state index is 0.369. The van der Waals surface area contributed by atoms with Gasteiger partial charge in [-0.15, -0.1) is 0 Å². The molecule has 0 saturated carbocycles. The van der Waals surface area contributed by atoms with Gasteiger partial charge in [-0.2, -0.15) is 9.89 Å². The standard InChI is InChI=1S/C11H17N4O6P/c1-12-7-3-4-15(11(17)13-7)10-8(14-18)9(21-22(2)19)6(5-16)20-10/h3-4,6,8-10,16,19H,5H2,1-2H3,(H,12,13,17). The summed E-state index contributed by atoms with van der Waals surface area (Å²) >= 11 is 0. The molecule has 0 spiro atoms. The molecule has 10 nitrogen and oxygen atoms in total. The third-order valence-electron chi connectivity index (χ3n) is 3.25. The summed E-state index contributed by atoms with van der Waals surface area (Å²) in [4.78, 5) is 36.3. The Labute approximate surface area is 127 Å². The van der Waals surface area contributed by atoms with E-state index in [1.807, 2.05) is 0 Å². The van der Waals surface area contributed by atoms with E-state index in [1.54, 1.807) is 7.05 Å². The van der Waals surface area contributed by atoms with Crippen LogP contribution in [0.3, 0.4) is 0 Å². The fourth-order valence-electron chi connectivity index (χ4n) is 2.26. The molecule has 1 aliphatic rings. The Bertz CT molecular complexity index is 582. The summed E-state index contributed by atoms with van der Waals surface area (Å²) in [5, 5.41) is 15.0. The summed E-state index contributed by atoms with van der Waals surface area (Å²) in [6.45, 7) is 0.988. The molecule has 0 aromatic carbocycles. The van der Waals surface area contributed by atoms with Crippen molar-refractivity contribution in [2.45, 2.75) is 24.5 Å². The van der Waals surface area contributed by atoms with Crippen molar-refractivity contribution < 1.29 is 19.3 Å². The van der Waals surface area contributed by atoms with E-state index in [1.165, 1.54) is 18.9 Å². The summed E-state index contributed by atoms with van der Waals surface area (Å²) in [5.41, 5.74) is -0.634. The number of nitrogens with zero attached hydrogens (tertiary/aromatic N) is 3. The summed E-state index contributed by atoms with van der Waals surface area (Å²) < 4.78 is 11.9. The molecule has 11 heteroatoms. The lowest BCUT2D eigenvalue weighted by Crippen LogP contribution is -2.36. The maximum Gasteiger partial charge on any atom is 0.351 e. The van der Waals surface area contributed by atoms with Gasteiger partial charge < -0.3 is 24.6 Å². The van der Waals surface area contributed by atoms with Crippen LogP contribution in [0, 0.1) is 4.91 Å². The maximum atomic E-state index is 12.0. The van der Waals surface area contributed by atoms with Gasteiger partial charge in [-0.25, -0.2) is 4.79 Å². The zero-order chi connectivity index (χ0) is 16.3. The van der Waals surface area contributed by atoms with Gasteiger partial charge in [0.05, 0.1) is 6.61 Å². The van der Waals surface area contributed by atoms with Gasteiger partial charge in [0.2, 0.25) is 0 Å². The van der Waals surface area contributed by atoms with Crippen LogP contribution in [0.2, 0.25) is 0 Å². The van der Waals surface area contributed by atoms with Crippen molar-refractivity contribution in [3.8, 4) is 0 Å². The van der Waals surface area contributed by atoms with E-state index in [0.29, 0.717) is 5.82 Å². The van der Waals surface area contributed by atoms with E-state index in [0.717, 1.165) is 4.57 Å². The lowest BCUT2D eigenvalue weighted by atomic mass is 10.1. The topological polar surface area (TPSA) is 135 Å². The molecule has 22 heavy (non-hydrogen) atoms. The van der Waals surface area contributed by atoms with Crippen molar-refractivity contribution in [3.05, 3.63) is 27.7 Å². The van der Waals surface area contributed by atoms with Crippen LogP contribution in [0.5, 0.6) is 0 Å². The molecule has 5 unspecified atom stereocenters. The van der Waals surface area contributed by atoms with Crippen LogP contribution in [0.15, 0.2) is 22.2 Å². The molecule has 0 radical (unpaired) electrons. The van der Waals surface area contributed by atoms with Crippen molar-refractivity contribution >= 4 is 14.2 Å². The zero-order valence-electron chi connectivity index (χ0n) is 12.0. The normalized spacial score (nSPS) is 29.3. The molecule has 0 bridgehead atoms. The molecule has 3 N–H and O–H groups in total. The van der Waals surface area contributed by atoms with Gasteiger partial charge in [0.1, 0.15) is 18.0 Å². The second kappa shape index (κ2) is 7.21. The molecule has 0 aliphatic carbocycles. The van der Waals surface area contributed by atoms with Crippen molar-refractivity contribution in [1.82, 2.24) is 9.55 Å². The highest BCUT2D eigenvalue weighted by Gasteiger charge is 2.48. The number of rotatable bonds is 6. The molecule has 1 aliphatic heterocycles. The zero-order valence-corrected chi connectivity index (χ0v) is 12.9. The molecule has 122 valence electrons. The highest BCUT2D eigenvalue weighted by atomic mass is 31.2. The quantitative estimate of drug-likeness (QED) is 0.474. The van der Waals surface area contributed by atoms with Crippen molar-refractivity contribution in [2.24, 2.45) is 5.18 Å². The van der Waals surface area contributed by atoms with Crippen LogP contribution in [0.4, 0.5) is 5.82 Å². The number of aliphatic hydroxyl groups is 1. The first-order chi connectivity index (χ1) is 10.5. The number of nitroso groups, excluding NO2 is 1. The summed E-state index contributed by atoms with van der Waals surface area (Å²) in [6, 6.07) is 0.447. The van der Waals surface area contributed by atoms with Crippen molar-refractivity contribution in [1.29, 1.82) is 0 Å². The molecule has 5 atom stereocenters. The molecule has 1 fully saturated rings. The van der Waals surface area contributed by atoms with E-state index in [4.69, 9.17) is 9.26 Å². The molecule has 1 saturated heterocycles. The molecule has 1 aromatic heterocycles. The first-order valence-electron chi connectivity index (χ1n) is 6.47. The first-order valence-corrected chi connectivity index (χ1v) is 8.13. The van der Waals surface area contributed by atoms with E-state index in [9.17, 15) is 19.7 Å². The fraction of sp³-hybridized carbons (Fsp3) is 0.636. The van der Waals surface area contributed by atoms with Gasteiger partial charge in [-0.05, 0) is 6.07 Å². The third-order valence-corrected chi connectivity index (χ3v) is 3.79. The van der Waals surface area contributed by atoms with Gasteiger partial charge in [0, 0.05) is 19.9 Å². The smallest absolute Gasteiger partial charge is 0.351 e. The van der Waals surface area contributed by atoms with Gasteiger partial charge >= 0.3 is 5.69 Å². The van der Waals surface area contributed by atoms with Crippen molar-refractivity contribution in [2.75, 3.05) is 25.6 Å². The molecular formula is C11H17N4O6P. The Hall–Kier alpha value is -1.45. The van der Waals surface area contributed by atoms with Crippen LogP contribution in [-0.2, 0) is 9.26 Å². The third kappa shape index (κ3) is 3.31. The molecule has 1 aromatic rings. The number of aromatic nitrogens is 2. The lowest BCUT2D eigenvalue weighted by Gasteiger charge is -2.19. The van der Waals surface area contributed by atoms with Gasteiger partial charge in [-0.1, -0.05) is 5.18 Å². The van der Waals surface area contributed by atoms with E-state index in [-0.39, 0.29) is 0 Å². The van der Waals surface area contributed by atoms with E-state index < -0.39 is 45.1 Å². The molecule has 0 amide bonds. The Morgan fingerprint density at radius 2 is 2.36 bits per heavy atom. The highest BCUT2D eigenvalue weighted by molar-refractivity contribution is 7.45. The number of ether oxygens (including phenoxy) is 1. The number of hydrogen-bond acceptors (Lipinski definition) is 9. The Kier molecular flexibility index (Phi) is 5.54. The summed E-state index contributed by atoms with van der Waals surface area (Å²) in [6.07, 6.45) is -1.46. The number of nitrogens with one attached hydrogen (secondary N) is 1. The van der Waals surface area contributed by atoms with Crippen LogP contribution >= 0.6 is 8.38 Å². The predicted molar refractivity (Wildman–Crippen MR) is 78.6 cm³/mol. The monoisotopic (exact) mass is 332 g/mol. The van der Waals surface area contributed by atoms with Crippen LogP contribution in [0.25, 0.3) is 0 Å². The second-order valence-electron chi connectivity index (χ2n) is 4.63. The number of aliphatic hydroxyl groups excluding tert-OH is 1. The Morgan fingerprint density at radius 1 is 1.64 bits per heavy atom. The summed E-state index contributed by atoms with van der Waals surface area (Å²) in [7, 11) is -0.167. The highest BCUT2D eigenvalue weighted by Crippen LogP contribution is 2.39. The molecule has 2 rings (SSSR count). The largest absolute Gasteiger partial charge is 0.394 e. The second-order valence-corrected chi connectivity index (χ2v) is 5.77. The van der Waals surface area contributed by atoms with Crippen LogP contribution in [-0.4, -0.2) is 58.1 Å². The SMILES string of the molecule is CNc1ccn(C2OC(CO)C(OP(C)O)C2N=O)c(=O)n1. The molecule has 2 heterocycles. The van der Waals surface area contributed by atoms with Crippen LogP contribution in [0.1, 0.15) is 6.23 Å². The molecular weight excluding hydrogens is 315 g/mol. The van der Waals surface area contributed by atoms with E-state index >= 15 is 0 Å². The average molecular weight is 332 g/mol. The minimum atomic E-state index is -1.78. The maximum absolute atomic E-state index is 12.0. The van der Waals surface area contributed by atoms with Crippen LogP contribution < -0.4 is 11.0 Å². The summed E-state index contributed by atoms with van der Waals surface area (Å²) in [5.74, 6) is 0.369. The van der Waals surface area contributed by atoms with Gasteiger partial charge in [-0.3, -0.25) is 4.57 Å². The first kappa shape index (κ1) is 16.9. The minimum Gasteiger partial charge on any atom is -0.394 e. The number of anilines is 1. The fourth-order valence-corrected chi connectivity index (χ4v) is 2.87. The average Bonchev–Trinajstić information content (AvgIpc) is 2.83. The van der Waals surface area contributed by atoms with Gasteiger partial charge in [0.15, 0.2) is 20.6 Å². The Balaban J connectivity index is 2.34. The van der Waals surface area contributed by atoms with E-state index in [2.05, 4.69) is 15.5 Å². The lowest BCUT2D eigenvalue weighted by molar-refractivity contribution is -0.0426. The van der Waals surface area contributed by atoms with Gasteiger partial charge in [0.25, 0.3) is 0 Å².